The van der Waals surface area contributed by atoms with E-state index in [1.54, 1.807) is 7.05 Å². The average molecular weight is 470 g/mol. The van der Waals surface area contributed by atoms with Gasteiger partial charge in [0.2, 0.25) is 10.0 Å². The number of benzene rings is 1. The molecule has 0 aliphatic rings. The summed E-state index contributed by atoms with van der Waals surface area (Å²) in [4.78, 5) is 6.08. The molecule has 1 aromatic rings. The van der Waals surface area contributed by atoms with Gasteiger partial charge in [-0.3, -0.25) is 4.99 Å². The molecule has 0 atom stereocenters. The van der Waals surface area contributed by atoms with E-state index in [0.717, 1.165) is 12.0 Å². The maximum atomic E-state index is 11.0. The molecule has 138 valence electrons. The van der Waals surface area contributed by atoms with Crippen LogP contribution in [0.15, 0.2) is 29.3 Å². The standard InChI is InChI=1S/C15H26N4O3S.HI/c1-13-5-7-14(8-6-13)22-12-11-19(3)15(16-2)17-9-10-18-23(4,20)21;/h5-8,18H,9-12H2,1-4H3,(H,16,17);1H. The number of hydrogen-bond acceptors (Lipinski definition) is 4. The predicted molar refractivity (Wildman–Crippen MR) is 109 cm³/mol. The smallest absolute Gasteiger partial charge is 0.208 e. The zero-order valence-electron chi connectivity index (χ0n) is 14.6. The first-order chi connectivity index (χ1) is 10.8. The summed E-state index contributed by atoms with van der Waals surface area (Å²) in [5.41, 5.74) is 1.20. The fraction of sp³-hybridized carbons (Fsp3) is 0.533. The van der Waals surface area contributed by atoms with E-state index in [4.69, 9.17) is 4.74 Å². The van der Waals surface area contributed by atoms with E-state index in [1.807, 2.05) is 43.1 Å². The van der Waals surface area contributed by atoms with Crippen LogP contribution in [0.25, 0.3) is 0 Å². The molecule has 0 saturated heterocycles. The summed E-state index contributed by atoms with van der Waals surface area (Å²) in [5.74, 6) is 1.53. The van der Waals surface area contributed by atoms with Gasteiger partial charge in [0.1, 0.15) is 12.4 Å². The largest absolute Gasteiger partial charge is 0.492 e. The summed E-state index contributed by atoms with van der Waals surface area (Å²) >= 11 is 0. The van der Waals surface area contributed by atoms with E-state index in [2.05, 4.69) is 15.0 Å². The number of aliphatic imine (C=N–C) groups is 1. The van der Waals surface area contributed by atoms with Gasteiger partial charge in [-0.05, 0) is 19.1 Å². The molecule has 0 aliphatic carbocycles. The molecule has 0 heterocycles. The van der Waals surface area contributed by atoms with Gasteiger partial charge in [-0.15, -0.1) is 24.0 Å². The lowest BCUT2D eigenvalue weighted by molar-refractivity contribution is 0.281. The van der Waals surface area contributed by atoms with Crippen LogP contribution < -0.4 is 14.8 Å². The molecular formula is C15H27IN4O3S. The van der Waals surface area contributed by atoms with Gasteiger partial charge in [-0.1, -0.05) is 17.7 Å². The summed E-state index contributed by atoms with van der Waals surface area (Å²) in [6, 6.07) is 7.90. The maximum Gasteiger partial charge on any atom is 0.208 e. The highest BCUT2D eigenvalue weighted by Gasteiger charge is 2.06. The molecule has 0 spiro atoms. The van der Waals surface area contributed by atoms with Crippen LogP contribution in [0.1, 0.15) is 5.56 Å². The van der Waals surface area contributed by atoms with E-state index < -0.39 is 10.0 Å². The molecule has 7 nitrogen and oxygen atoms in total. The number of nitrogens with one attached hydrogen (secondary N) is 2. The third kappa shape index (κ3) is 9.93. The topological polar surface area (TPSA) is 83.0 Å². The highest BCUT2D eigenvalue weighted by atomic mass is 127. The van der Waals surface area contributed by atoms with E-state index in [0.29, 0.717) is 32.2 Å². The first kappa shape index (κ1) is 22.9. The van der Waals surface area contributed by atoms with Gasteiger partial charge in [0.05, 0.1) is 12.8 Å². The molecular weight excluding hydrogens is 443 g/mol. The number of guanidine groups is 1. The number of aryl methyl sites for hydroxylation is 1. The van der Waals surface area contributed by atoms with Crippen LogP contribution in [0.3, 0.4) is 0 Å². The van der Waals surface area contributed by atoms with Crippen molar-refractivity contribution in [3.8, 4) is 5.75 Å². The van der Waals surface area contributed by atoms with Crippen molar-refractivity contribution in [3.63, 3.8) is 0 Å². The van der Waals surface area contributed by atoms with Crippen LogP contribution in [0.4, 0.5) is 0 Å². The zero-order valence-corrected chi connectivity index (χ0v) is 17.7. The second-order valence-corrected chi connectivity index (χ2v) is 7.06. The number of rotatable bonds is 8. The monoisotopic (exact) mass is 470 g/mol. The number of halogens is 1. The lowest BCUT2D eigenvalue weighted by Gasteiger charge is -2.22. The van der Waals surface area contributed by atoms with Crippen LogP contribution in [0, 0.1) is 6.92 Å². The molecule has 0 unspecified atom stereocenters. The lowest BCUT2D eigenvalue weighted by Crippen LogP contribution is -2.43. The number of likely N-dealkylation sites (N-methyl/N-ethyl adjacent to an activating group) is 1. The molecule has 1 rings (SSSR count). The van der Waals surface area contributed by atoms with Crippen LogP contribution >= 0.6 is 24.0 Å². The van der Waals surface area contributed by atoms with Gasteiger partial charge >= 0.3 is 0 Å². The minimum Gasteiger partial charge on any atom is -0.492 e. The second kappa shape index (κ2) is 11.5. The Morgan fingerprint density at radius 1 is 1.25 bits per heavy atom. The van der Waals surface area contributed by atoms with E-state index in [-0.39, 0.29) is 24.0 Å². The molecule has 1 aromatic carbocycles. The summed E-state index contributed by atoms with van der Waals surface area (Å²) in [7, 11) is 0.424. The quantitative estimate of drug-likeness (QED) is 0.257. The van der Waals surface area contributed by atoms with Crippen LogP contribution in [-0.2, 0) is 10.0 Å². The first-order valence-corrected chi connectivity index (χ1v) is 9.27. The predicted octanol–water partition coefficient (Wildman–Crippen LogP) is 1.05. The molecule has 0 amide bonds. The van der Waals surface area contributed by atoms with Crippen LogP contribution in [-0.4, -0.2) is 65.9 Å². The van der Waals surface area contributed by atoms with Crippen molar-refractivity contribution in [2.75, 3.05) is 46.6 Å². The summed E-state index contributed by atoms with van der Waals surface area (Å²) in [5, 5.41) is 3.09. The van der Waals surface area contributed by atoms with E-state index in [9.17, 15) is 8.42 Å². The Hall–Kier alpha value is -1.07. The molecule has 0 saturated carbocycles. The molecule has 24 heavy (non-hydrogen) atoms. The Bertz CT molecular complexity index is 606. The normalized spacial score (nSPS) is 11.6. The molecule has 0 aliphatic heterocycles. The minimum atomic E-state index is -3.16. The fourth-order valence-corrected chi connectivity index (χ4v) is 2.31. The number of hydrogen-bond donors (Lipinski definition) is 2. The molecule has 0 aromatic heterocycles. The summed E-state index contributed by atoms with van der Waals surface area (Å²) in [6.45, 7) is 4.00. The fourth-order valence-electron chi connectivity index (χ4n) is 1.84. The number of nitrogens with zero attached hydrogens (tertiary/aromatic N) is 2. The van der Waals surface area contributed by atoms with Crippen LogP contribution in [0.2, 0.25) is 0 Å². The van der Waals surface area contributed by atoms with Crippen molar-refractivity contribution < 1.29 is 13.2 Å². The highest BCUT2D eigenvalue weighted by Crippen LogP contribution is 2.10. The average Bonchev–Trinajstić information content (AvgIpc) is 2.48. The Kier molecular flexibility index (Phi) is 11.0. The van der Waals surface area contributed by atoms with Gasteiger partial charge in [0.25, 0.3) is 0 Å². The molecule has 0 radical (unpaired) electrons. The van der Waals surface area contributed by atoms with E-state index >= 15 is 0 Å². The second-order valence-electron chi connectivity index (χ2n) is 5.22. The minimum absolute atomic E-state index is 0. The van der Waals surface area contributed by atoms with Crippen molar-refractivity contribution in [3.05, 3.63) is 29.8 Å². The van der Waals surface area contributed by atoms with Gasteiger partial charge in [0.15, 0.2) is 5.96 Å². The van der Waals surface area contributed by atoms with Crippen molar-refractivity contribution in [2.45, 2.75) is 6.92 Å². The number of sulfonamides is 1. The lowest BCUT2D eigenvalue weighted by atomic mass is 10.2. The third-order valence-corrected chi connectivity index (χ3v) is 3.79. The van der Waals surface area contributed by atoms with Crippen molar-refractivity contribution >= 4 is 40.0 Å². The maximum absolute atomic E-state index is 11.0. The molecule has 0 fully saturated rings. The van der Waals surface area contributed by atoms with Crippen molar-refractivity contribution in [1.29, 1.82) is 0 Å². The van der Waals surface area contributed by atoms with E-state index in [1.165, 1.54) is 5.56 Å². The Morgan fingerprint density at radius 2 is 1.88 bits per heavy atom. The first-order valence-electron chi connectivity index (χ1n) is 7.37. The number of ether oxygens (including phenoxy) is 1. The van der Waals surface area contributed by atoms with Gasteiger partial charge < -0.3 is 15.0 Å². The third-order valence-electron chi connectivity index (χ3n) is 3.06. The SMILES string of the molecule is CN=C(NCCNS(C)(=O)=O)N(C)CCOc1ccc(C)cc1.I. The summed E-state index contributed by atoms with van der Waals surface area (Å²) < 4.78 is 30.1. The van der Waals surface area contributed by atoms with Crippen molar-refractivity contribution in [1.82, 2.24) is 14.9 Å². The molecule has 2 N–H and O–H groups in total. The Balaban J connectivity index is 0.00000529. The van der Waals surface area contributed by atoms with Crippen LogP contribution in [0.5, 0.6) is 5.75 Å². The van der Waals surface area contributed by atoms with Crippen molar-refractivity contribution in [2.24, 2.45) is 4.99 Å². The van der Waals surface area contributed by atoms with Gasteiger partial charge in [-0.25, -0.2) is 13.1 Å². The van der Waals surface area contributed by atoms with Gasteiger partial charge in [-0.2, -0.15) is 0 Å². The molecule has 0 bridgehead atoms. The van der Waals surface area contributed by atoms with Gasteiger partial charge in [0, 0.05) is 27.2 Å². The Labute approximate surface area is 161 Å². The highest BCUT2D eigenvalue weighted by molar-refractivity contribution is 14.0. The molecule has 9 heteroatoms. The summed E-state index contributed by atoms with van der Waals surface area (Å²) in [6.07, 6.45) is 1.14. The Morgan fingerprint density at radius 3 is 2.42 bits per heavy atom. The zero-order chi connectivity index (χ0) is 17.3.